The van der Waals surface area contributed by atoms with E-state index in [2.05, 4.69) is 27.4 Å². The minimum Gasteiger partial charge on any atom is -0.394 e. The molecular formula is C62H100O32. The van der Waals surface area contributed by atoms with Gasteiger partial charge in [-0.3, -0.25) is 4.79 Å². The van der Waals surface area contributed by atoms with Gasteiger partial charge in [-0.1, -0.05) is 32.9 Å². The normalized spacial score (nSPS) is 54.6. The van der Waals surface area contributed by atoms with Crippen LogP contribution in [0.5, 0.6) is 0 Å². The molecule has 11 fully saturated rings. The molecule has 94 heavy (non-hydrogen) atoms. The van der Waals surface area contributed by atoms with E-state index in [-0.39, 0.29) is 72.3 Å². The van der Waals surface area contributed by atoms with Gasteiger partial charge < -0.3 is 153 Å². The van der Waals surface area contributed by atoms with Crippen LogP contribution in [0.25, 0.3) is 0 Å². The number of aliphatic hydroxyl groups excluding tert-OH is 17. The highest BCUT2D eigenvalue weighted by molar-refractivity contribution is 5.84. The number of Topliss-reactive ketones (excluding diaryl/α,β-unsaturated/α-hetero) is 1. The molecule has 0 aromatic heterocycles. The molecule has 0 spiro atoms. The van der Waals surface area contributed by atoms with E-state index in [1.165, 1.54) is 6.92 Å². The molecule has 0 radical (unpaired) electrons. The Kier molecular flexibility index (Phi) is 22.8. The number of ether oxygens (including phenoxy) is 14. The first kappa shape index (κ1) is 73.4. The van der Waals surface area contributed by atoms with Gasteiger partial charge in [0.15, 0.2) is 49.3 Å². The molecule has 0 aromatic rings. The van der Waals surface area contributed by atoms with Gasteiger partial charge >= 0.3 is 0 Å². The van der Waals surface area contributed by atoms with Crippen LogP contribution in [0.1, 0.15) is 85.5 Å². The van der Waals surface area contributed by atoms with Crippen LogP contribution >= 0.6 is 0 Å². The van der Waals surface area contributed by atoms with Crippen LogP contribution in [0.4, 0.5) is 0 Å². The molecule has 7 saturated heterocycles. The minimum absolute atomic E-state index is 0.0431. The average Bonchev–Trinajstić information content (AvgIpc) is 1.49. The van der Waals surface area contributed by atoms with Gasteiger partial charge in [-0.05, 0) is 92.3 Å². The van der Waals surface area contributed by atoms with Gasteiger partial charge in [0.2, 0.25) is 0 Å². The fourth-order valence-corrected chi connectivity index (χ4v) is 17.9. The number of ketones is 1. The number of carbonyl (C=O) groups is 1. The Morgan fingerprint density at radius 1 is 0.543 bits per heavy atom. The first-order valence-corrected chi connectivity index (χ1v) is 33.1. The van der Waals surface area contributed by atoms with E-state index in [1.807, 2.05) is 0 Å². The Bertz CT molecular complexity index is 2540. The van der Waals surface area contributed by atoms with Crippen molar-refractivity contribution in [2.24, 2.45) is 46.3 Å². The Balaban J connectivity index is 0.812. The van der Waals surface area contributed by atoms with Gasteiger partial charge in [0.05, 0.1) is 51.8 Å². The lowest BCUT2D eigenvalue weighted by molar-refractivity contribution is -0.411. The SMILES string of the molecule is C=C(CC[C@@]1(OC)O[C@@H]2C[C@@H]3[C@@H]4CC[C@H]5C[C@@H](O[C@@H]6O[C@H](CO)[C@@H](O)[C@H](O[C@@H]7O[C@H](CO)[C@@H](O)[C@H](O[C@@H]8OC[C@@H](O)[C@H](O)[C@H]8O)[C@H]7O[C@@H]7OC[C@H](O)[C@H](O)[C@H]7O)[C@H]6O[C@@H]6O[C@@H](C)[C@H](O)[C@@H](O)[C@H]6O)C(=O)C[C@]5(C)[C@H]4CC[C@]3(C)[C@H]2[C@@H]1C)CO[C@@H]1O[C@H](CO)[C@@H](O)[C@H](O)[C@H]1O. The molecule has 17 N–H and O–H groups in total. The molecule has 0 aromatic carbocycles. The number of carbonyl (C=O) groups excluding carboxylic acids is 1. The molecule has 32 heteroatoms. The predicted octanol–water partition coefficient (Wildman–Crippen LogP) is -6.25. The van der Waals surface area contributed by atoms with Crippen molar-refractivity contribution in [1.82, 2.24) is 0 Å². The van der Waals surface area contributed by atoms with Crippen molar-refractivity contribution in [1.29, 1.82) is 0 Å². The Morgan fingerprint density at radius 2 is 1.05 bits per heavy atom. The second-order valence-electron chi connectivity index (χ2n) is 28.7. The van der Waals surface area contributed by atoms with Crippen molar-refractivity contribution in [2.45, 2.75) is 276 Å². The topological polar surface area (TPSA) is 490 Å². The van der Waals surface area contributed by atoms with E-state index in [0.717, 1.165) is 25.7 Å². The molecule has 4 saturated carbocycles. The summed E-state index contributed by atoms with van der Waals surface area (Å²) in [5.41, 5.74) is 0.00173. The minimum atomic E-state index is -2.07. The molecule has 7 aliphatic heterocycles. The van der Waals surface area contributed by atoms with Crippen molar-refractivity contribution < 1.29 is 158 Å². The molecule has 11 aliphatic rings. The zero-order chi connectivity index (χ0) is 67.9. The molecule has 11 rings (SSSR count). The maximum absolute atomic E-state index is 15.1. The van der Waals surface area contributed by atoms with Crippen LogP contribution in [0.2, 0.25) is 0 Å². The van der Waals surface area contributed by atoms with Crippen molar-refractivity contribution >= 4 is 5.78 Å². The highest BCUT2D eigenvalue weighted by Crippen LogP contribution is 2.71. The van der Waals surface area contributed by atoms with Crippen molar-refractivity contribution in [3.8, 4) is 0 Å². The summed E-state index contributed by atoms with van der Waals surface area (Å²) in [6.45, 7) is 8.54. The van der Waals surface area contributed by atoms with E-state index in [0.29, 0.717) is 24.8 Å². The molecule has 4 aliphatic carbocycles. The zero-order valence-electron chi connectivity index (χ0n) is 53.3. The van der Waals surface area contributed by atoms with Gasteiger partial charge in [-0.2, -0.15) is 0 Å². The fourth-order valence-electron chi connectivity index (χ4n) is 17.9. The summed E-state index contributed by atoms with van der Waals surface area (Å²) in [6, 6.07) is 0. The monoisotopic (exact) mass is 1360 g/mol. The number of fused-ring (bicyclic) bond motifs is 7. The summed E-state index contributed by atoms with van der Waals surface area (Å²) in [4.78, 5) is 15.1. The summed E-state index contributed by atoms with van der Waals surface area (Å²) in [5.74, 6) is -0.629. The fraction of sp³-hybridized carbons (Fsp3) is 0.952. The van der Waals surface area contributed by atoms with E-state index in [1.54, 1.807) is 7.11 Å². The number of methoxy groups -OCH3 is 1. The summed E-state index contributed by atoms with van der Waals surface area (Å²) >= 11 is 0. The van der Waals surface area contributed by atoms with Crippen molar-refractivity contribution in [3.05, 3.63) is 12.2 Å². The Labute approximate surface area is 543 Å². The number of rotatable bonds is 20. The van der Waals surface area contributed by atoms with Gasteiger partial charge in [-0.25, -0.2) is 0 Å². The molecule has 39 atom stereocenters. The van der Waals surface area contributed by atoms with Crippen LogP contribution < -0.4 is 0 Å². The zero-order valence-corrected chi connectivity index (χ0v) is 53.3. The number of hydrogen-bond donors (Lipinski definition) is 17. The summed E-state index contributed by atoms with van der Waals surface area (Å²) in [6.07, 6.45) is -45.2. The van der Waals surface area contributed by atoms with E-state index >= 15 is 4.79 Å². The van der Waals surface area contributed by atoms with Crippen LogP contribution in [0, 0.1) is 46.3 Å². The van der Waals surface area contributed by atoms with E-state index < -0.39 is 222 Å². The van der Waals surface area contributed by atoms with Crippen molar-refractivity contribution in [2.75, 3.05) is 46.8 Å². The highest BCUT2D eigenvalue weighted by Gasteiger charge is 2.70. The molecule has 540 valence electrons. The summed E-state index contributed by atoms with van der Waals surface area (Å²) in [5, 5.41) is 183. The third kappa shape index (κ3) is 13.4. The highest BCUT2D eigenvalue weighted by atomic mass is 16.8. The summed E-state index contributed by atoms with van der Waals surface area (Å²) in [7, 11) is 1.64. The maximum atomic E-state index is 15.1. The second-order valence-corrected chi connectivity index (χ2v) is 28.7. The predicted molar refractivity (Wildman–Crippen MR) is 309 cm³/mol. The molecule has 7 heterocycles. The average molecular weight is 1360 g/mol. The molecular weight excluding hydrogens is 1260 g/mol. The standard InChI is InChI=1S/C62H100O32/c1-22(19-82-54-48(79)45(76)41(72)34(16-63)87-54)9-12-62(81-6)23(2)37-33(94-62)14-28-26-8-7-25-13-32(29(66)15-61(25,5)27(26)10-11-60(28,37)4)86-58-52(93-57-49(80)44(75)38(69)24(3)85-57)51(43(74)35(17-64)88-58)91-59-53(92-56-47(78)40(71)31(68)21-84-56)50(42(73)36(18-65)89-59)90-55-46(77)39(70)30(67)20-83-55/h23-28,30-59,63-65,67-80H,1,7-21H2,2-6H3/t23-,24-,25-,26+,27-,28+,30+,31-,32+,33+,34+,35+,36+,37-,38-,39-,40-,41+,42+,43+,44+,45-,46+,47+,48+,49+,50-,51-,52+,53+,54+,55-,56-,57-,58+,59-,60-,61-,62+/m0/s1. The Morgan fingerprint density at radius 3 is 1.64 bits per heavy atom. The molecule has 0 unspecified atom stereocenters. The lowest BCUT2D eigenvalue weighted by Crippen LogP contribution is -2.69. The lowest BCUT2D eigenvalue weighted by Gasteiger charge is -2.61. The molecule has 0 bridgehead atoms. The van der Waals surface area contributed by atoms with Gasteiger partial charge in [-0.15, -0.1) is 0 Å². The number of hydrogen-bond acceptors (Lipinski definition) is 32. The second kappa shape index (κ2) is 29.3. The first-order chi connectivity index (χ1) is 44.5. The molecule has 32 nitrogen and oxygen atoms in total. The van der Waals surface area contributed by atoms with Crippen LogP contribution in [-0.4, -0.2) is 329 Å². The third-order valence-corrected chi connectivity index (χ3v) is 23.4. The summed E-state index contributed by atoms with van der Waals surface area (Å²) < 4.78 is 85.9. The Hall–Kier alpha value is -1.83. The van der Waals surface area contributed by atoms with Crippen LogP contribution in [0.15, 0.2) is 12.2 Å². The van der Waals surface area contributed by atoms with Crippen LogP contribution in [0.3, 0.4) is 0 Å². The maximum Gasteiger partial charge on any atom is 0.187 e. The molecule has 0 amide bonds. The van der Waals surface area contributed by atoms with E-state index in [4.69, 9.17) is 66.3 Å². The van der Waals surface area contributed by atoms with Crippen molar-refractivity contribution in [3.63, 3.8) is 0 Å². The first-order valence-electron chi connectivity index (χ1n) is 33.1. The smallest absolute Gasteiger partial charge is 0.187 e. The number of aliphatic hydroxyl groups is 17. The quantitative estimate of drug-likeness (QED) is 0.0398. The lowest BCUT2D eigenvalue weighted by atomic mass is 9.44. The van der Waals surface area contributed by atoms with E-state index in [9.17, 15) is 86.8 Å². The van der Waals surface area contributed by atoms with Crippen LogP contribution in [-0.2, 0) is 71.1 Å². The van der Waals surface area contributed by atoms with Gasteiger partial charge in [0.1, 0.15) is 134 Å². The largest absolute Gasteiger partial charge is 0.394 e. The third-order valence-electron chi connectivity index (χ3n) is 23.4. The van der Waals surface area contributed by atoms with Gasteiger partial charge in [0, 0.05) is 25.9 Å². The van der Waals surface area contributed by atoms with Gasteiger partial charge in [0.25, 0.3) is 0 Å².